The Labute approximate surface area is 165 Å². The quantitative estimate of drug-likeness (QED) is 0.379. The van der Waals surface area contributed by atoms with Gasteiger partial charge in [0.25, 0.3) is 5.91 Å². The SMILES string of the molecule is O=C1Nc2ccccc2C1=Cc1ccc(-c2cc(C(F)(F)F)cc(C(F)(F)F)c2)o1. The summed E-state index contributed by atoms with van der Waals surface area (Å²) >= 11 is 0. The van der Waals surface area contributed by atoms with Gasteiger partial charge in [-0.3, -0.25) is 4.79 Å². The molecular weight excluding hydrogens is 412 g/mol. The van der Waals surface area contributed by atoms with Gasteiger partial charge < -0.3 is 9.73 Å². The third-order valence-electron chi connectivity index (χ3n) is 4.50. The number of halogens is 6. The average Bonchev–Trinajstić information content (AvgIpc) is 3.25. The van der Waals surface area contributed by atoms with Gasteiger partial charge in [0.05, 0.1) is 16.7 Å². The van der Waals surface area contributed by atoms with Crippen molar-refractivity contribution in [3.8, 4) is 11.3 Å². The van der Waals surface area contributed by atoms with Crippen molar-refractivity contribution < 1.29 is 35.6 Å². The number of benzene rings is 2. The maximum atomic E-state index is 13.1. The van der Waals surface area contributed by atoms with E-state index >= 15 is 0 Å². The number of hydrogen-bond acceptors (Lipinski definition) is 2. The van der Waals surface area contributed by atoms with Crippen molar-refractivity contribution in [1.82, 2.24) is 0 Å². The Kier molecular flexibility index (Phi) is 4.48. The molecule has 3 nitrogen and oxygen atoms in total. The Morgan fingerprint density at radius 3 is 2.10 bits per heavy atom. The van der Waals surface area contributed by atoms with E-state index in [1.165, 1.54) is 18.2 Å². The number of alkyl halides is 6. The molecule has 0 radical (unpaired) electrons. The zero-order chi connectivity index (χ0) is 21.7. The van der Waals surface area contributed by atoms with E-state index in [1.807, 2.05) is 0 Å². The van der Waals surface area contributed by atoms with Crippen LogP contribution in [0.5, 0.6) is 0 Å². The molecule has 30 heavy (non-hydrogen) atoms. The van der Waals surface area contributed by atoms with E-state index < -0.39 is 29.4 Å². The largest absolute Gasteiger partial charge is 0.457 e. The molecule has 3 aromatic rings. The highest BCUT2D eigenvalue weighted by Crippen LogP contribution is 2.39. The van der Waals surface area contributed by atoms with Gasteiger partial charge in [0.1, 0.15) is 11.5 Å². The van der Waals surface area contributed by atoms with Gasteiger partial charge in [0.2, 0.25) is 0 Å². The Hall–Kier alpha value is -3.49. The number of fused-ring (bicyclic) bond motifs is 1. The van der Waals surface area contributed by atoms with E-state index in [-0.39, 0.29) is 28.7 Å². The van der Waals surface area contributed by atoms with Gasteiger partial charge in [-0.25, -0.2) is 0 Å². The number of carbonyl (C=O) groups is 1. The fourth-order valence-corrected chi connectivity index (χ4v) is 3.11. The number of para-hydroxylation sites is 1. The average molecular weight is 423 g/mol. The van der Waals surface area contributed by atoms with Crippen LogP contribution in [0.25, 0.3) is 23.0 Å². The minimum absolute atomic E-state index is 0.0507. The molecule has 1 aliphatic heterocycles. The van der Waals surface area contributed by atoms with E-state index in [4.69, 9.17) is 4.42 Å². The smallest absolute Gasteiger partial charge is 0.416 e. The second kappa shape index (κ2) is 6.79. The van der Waals surface area contributed by atoms with Crippen molar-refractivity contribution >= 4 is 23.2 Å². The van der Waals surface area contributed by atoms with Crippen LogP contribution in [0.2, 0.25) is 0 Å². The first-order valence-electron chi connectivity index (χ1n) is 8.54. The summed E-state index contributed by atoms with van der Waals surface area (Å²) in [5.41, 5.74) is -1.78. The molecule has 154 valence electrons. The molecule has 1 N–H and O–H groups in total. The molecule has 0 bridgehead atoms. The van der Waals surface area contributed by atoms with Crippen LogP contribution in [-0.4, -0.2) is 5.91 Å². The van der Waals surface area contributed by atoms with E-state index in [9.17, 15) is 31.1 Å². The molecule has 1 amide bonds. The van der Waals surface area contributed by atoms with Crippen molar-refractivity contribution in [2.75, 3.05) is 5.32 Å². The van der Waals surface area contributed by atoms with Crippen LogP contribution < -0.4 is 5.32 Å². The summed E-state index contributed by atoms with van der Waals surface area (Å²) < 4.78 is 83.8. The minimum atomic E-state index is -4.96. The highest BCUT2D eigenvalue weighted by Gasteiger charge is 2.37. The van der Waals surface area contributed by atoms with Gasteiger partial charge in [-0.15, -0.1) is 0 Å². The molecule has 4 rings (SSSR count). The van der Waals surface area contributed by atoms with Crippen LogP contribution in [0, 0.1) is 0 Å². The minimum Gasteiger partial charge on any atom is -0.457 e. The van der Waals surface area contributed by atoms with Crippen molar-refractivity contribution in [2.24, 2.45) is 0 Å². The van der Waals surface area contributed by atoms with Crippen LogP contribution in [0.1, 0.15) is 22.5 Å². The molecule has 0 saturated heterocycles. The zero-order valence-electron chi connectivity index (χ0n) is 14.9. The van der Waals surface area contributed by atoms with Gasteiger partial charge in [-0.05, 0) is 42.5 Å². The van der Waals surface area contributed by atoms with Crippen molar-refractivity contribution in [2.45, 2.75) is 12.4 Å². The van der Waals surface area contributed by atoms with Crippen LogP contribution >= 0.6 is 0 Å². The third-order valence-corrected chi connectivity index (χ3v) is 4.50. The van der Waals surface area contributed by atoms with E-state index in [0.29, 0.717) is 23.4 Å². The van der Waals surface area contributed by atoms with Gasteiger partial charge >= 0.3 is 12.4 Å². The lowest BCUT2D eigenvalue weighted by Crippen LogP contribution is -2.11. The summed E-state index contributed by atoms with van der Waals surface area (Å²) in [7, 11) is 0. The summed E-state index contributed by atoms with van der Waals surface area (Å²) in [5.74, 6) is -0.476. The molecule has 0 aliphatic carbocycles. The fraction of sp³-hybridized carbons (Fsp3) is 0.0952. The summed E-state index contributed by atoms with van der Waals surface area (Å²) in [6.07, 6.45) is -8.54. The van der Waals surface area contributed by atoms with Gasteiger partial charge in [-0.1, -0.05) is 18.2 Å². The maximum Gasteiger partial charge on any atom is 0.416 e. The van der Waals surface area contributed by atoms with Gasteiger partial charge in [0, 0.05) is 16.8 Å². The maximum absolute atomic E-state index is 13.1. The van der Waals surface area contributed by atoms with Crippen molar-refractivity contribution in [3.05, 3.63) is 77.0 Å². The van der Waals surface area contributed by atoms with Crippen molar-refractivity contribution in [1.29, 1.82) is 0 Å². The van der Waals surface area contributed by atoms with Crippen LogP contribution in [0.15, 0.2) is 59.0 Å². The Balaban J connectivity index is 1.76. The third kappa shape index (κ3) is 3.70. The number of furan rings is 1. The van der Waals surface area contributed by atoms with Crippen LogP contribution in [-0.2, 0) is 17.1 Å². The summed E-state index contributed by atoms with van der Waals surface area (Å²) in [4.78, 5) is 12.2. The topological polar surface area (TPSA) is 42.2 Å². The van der Waals surface area contributed by atoms with Crippen LogP contribution in [0.4, 0.5) is 32.0 Å². The predicted octanol–water partition coefficient (Wildman–Crippen LogP) is 6.48. The number of rotatable bonds is 2. The Morgan fingerprint density at radius 2 is 1.47 bits per heavy atom. The first-order chi connectivity index (χ1) is 14.0. The Bertz CT molecular complexity index is 1140. The molecule has 0 spiro atoms. The number of hydrogen-bond donors (Lipinski definition) is 1. The molecule has 1 aliphatic rings. The number of carbonyl (C=O) groups excluding carboxylic acids is 1. The molecule has 2 aromatic carbocycles. The summed E-state index contributed by atoms with van der Waals surface area (Å²) in [5, 5.41) is 2.66. The normalized spacial score (nSPS) is 15.4. The van der Waals surface area contributed by atoms with E-state index in [2.05, 4.69) is 5.32 Å². The molecule has 0 unspecified atom stereocenters. The lowest BCUT2D eigenvalue weighted by molar-refractivity contribution is -0.143. The highest BCUT2D eigenvalue weighted by molar-refractivity contribution is 6.34. The lowest BCUT2D eigenvalue weighted by atomic mass is 10.0. The second-order valence-electron chi connectivity index (χ2n) is 6.55. The zero-order valence-corrected chi connectivity index (χ0v) is 14.9. The molecule has 0 fully saturated rings. The monoisotopic (exact) mass is 423 g/mol. The molecule has 9 heteroatoms. The van der Waals surface area contributed by atoms with Crippen molar-refractivity contribution in [3.63, 3.8) is 0 Å². The Morgan fingerprint density at radius 1 is 0.833 bits per heavy atom. The highest BCUT2D eigenvalue weighted by atomic mass is 19.4. The van der Waals surface area contributed by atoms with Crippen LogP contribution in [0.3, 0.4) is 0 Å². The predicted molar refractivity (Wildman–Crippen MR) is 97.1 cm³/mol. The van der Waals surface area contributed by atoms with E-state index in [0.717, 1.165) is 0 Å². The second-order valence-corrected chi connectivity index (χ2v) is 6.55. The lowest BCUT2D eigenvalue weighted by Gasteiger charge is -2.13. The van der Waals surface area contributed by atoms with E-state index in [1.54, 1.807) is 24.3 Å². The summed E-state index contributed by atoms with van der Waals surface area (Å²) in [6, 6.07) is 10.7. The van der Waals surface area contributed by atoms with Gasteiger partial charge in [-0.2, -0.15) is 26.3 Å². The number of anilines is 1. The molecule has 1 aromatic heterocycles. The molecular formula is C21H11F6NO2. The van der Waals surface area contributed by atoms with Gasteiger partial charge in [0.15, 0.2) is 0 Å². The molecule has 2 heterocycles. The molecule has 0 saturated carbocycles. The first kappa shape index (κ1) is 19.8. The molecule has 0 atom stereocenters. The first-order valence-corrected chi connectivity index (χ1v) is 8.54. The summed E-state index contributed by atoms with van der Waals surface area (Å²) in [6.45, 7) is 0. The number of nitrogens with one attached hydrogen (secondary N) is 1. The number of amides is 1. The fourth-order valence-electron chi connectivity index (χ4n) is 3.11. The standard InChI is InChI=1S/C21H11F6NO2/c22-20(23,24)12-7-11(8-13(9-12)21(25,26)27)18-6-5-14(30-18)10-16-15-3-1-2-4-17(15)28-19(16)29/h1-10H,(H,28,29).